The number of piperidine rings is 1. The molecule has 7 heteroatoms. The van der Waals surface area contributed by atoms with Crippen LogP contribution in [0.5, 0.6) is 5.75 Å². The van der Waals surface area contributed by atoms with E-state index in [1.54, 1.807) is 0 Å². The number of rotatable bonds is 6. The SMILES string of the molecule is CS(=O)(=O)c1ccc(OC(F)F)c(CN2CCCCC2c2ccccc2)c1. The van der Waals surface area contributed by atoms with Crippen LogP contribution in [0.15, 0.2) is 53.4 Å². The fraction of sp³-hybridized carbons (Fsp3) is 0.400. The van der Waals surface area contributed by atoms with Crippen molar-refractivity contribution in [2.45, 2.75) is 43.4 Å². The van der Waals surface area contributed by atoms with Crippen LogP contribution in [-0.4, -0.2) is 32.7 Å². The minimum absolute atomic E-state index is 0.0229. The summed E-state index contributed by atoms with van der Waals surface area (Å²) in [6.45, 7) is -1.79. The first-order valence-corrected chi connectivity index (χ1v) is 10.8. The first-order valence-electron chi connectivity index (χ1n) is 8.91. The van der Waals surface area contributed by atoms with Crippen LogP contribution in [0.25, 0.3) is 0 Å². The number of ether oxygens (including phenoxy) is 1. The molecule has 1 saturated heterocycles. The van der Waals surface area contributed by atoms with E-state index in [0.29, 0.717) is 12.1 Å². The van der Waals surface area contributed by atoms with Crippen molar-refractivity contribution in [2.24, 2.45) is 0 Å². The van der Waals surface area contributed by atoms with Crippen molar-refractivity contribution >= 4 is 9.84 Å². The summed E-state index contributed by atoms with van der Waals surface area (Å²) in [5.74, 6) is 0.0229. The molecular formula is C20H23F2NO3S. The van der Waals surface area contributed by atoms with Crippen LogP contribution in [-0.2, 0) is 16.4 Å². The zero-order valence-corrected chi connectivity index (χ0v) is 16.0. The predicted octanol–water partition coefficient (Wildman–Crippen LogP) is 4.42. The van der Waals surface area contributed by atoms with Gasteiger partial charge in [-0.3, -0.25) is 4.90 Å². The maximum Gasteiger partial charge on any atom is 0.387 e. The van der Waals surface area contributed by atoms with E-state index in [4.69, 9.17) is 0 Å². The minimum atomic E-state index is -3.44. The molecule has 2 aromatic carbocycles. The van der Waals surface area contributed by atoms with Gasteiger partial charge in [0.15, 0.2) is 9.84 Å². The summed E-state index contributed by atoms with van der Waals surface area (Å²) in [5, 5.41) is 0. The van der Waals surface area contributed by atoms with Gasteiger partial charge in [-0.1, -0.05) is 36.8 Å². The van der Waals surface area contributed by atoms with Crippen molar-refractivity contribution in [1.82, 2.24) is 4.90 Å². The van der Waals surface area contributed by atoms with E-state index in [9.17, 15) is 17.2 Å². The molecule has 1 fully saturated rings. The van der Waals surface area contributed by atoms with Crippen molar-refractivity contribution in [3.63, 3.8) is 0 Å². The summed E-state index contributed by atoms with van der Waals surface area (Å²) < 4.78 is 54.0. The van der Waals surface area contributed by atoms with Gasteiger partial charge in [0, 0.05) is 24.4 Å². The highest BCUT2D eigenvalue weighted by molar-refractivity contribution is 7.90. The van der Waals surface area contributed by atoms with Gasteiger partial charge in [0.05, 0.1) is 4.90 Å². The van der Waals surface area contributed by atoms with Gasteiger partial charge < -0.3 is 4.74 Å². The second kappa shape index (κ2) is 8.35. The van der Waals surface area contributed by atoms with Gasteiger partial charge in [-0.15, -0.1) is 0 Å². The number of likely N-dealkylation sites (tertiary alicyclic amines) is 1. The van der Waals surface area contributed by atoms with Gasteiger partial charge in [-0.25, -0.2) is 8.42 Å². The molecule has 1 unspecified atom stereocenters. The Labute approximate surface area is 158 Å². The fourth-order valence-corrected chi connectivity index (χ4v) is 4.24. The van der Waals surface area contributed by atoms with E-state index < -0.39 is 16.4 Å². The van der Waals surface area contributed by atoms with Crippen LogP contribution in [0.3, 0.4) is 0 Å². The molecule has 4 nitrogen and oxygen atoms in total. The molecule has 3 rings (SSSR count). The van der Waals surface area contributed by atoms with Crippen LogP contribution in [0, 0.1) is 0 Å². The van der Waals surface area contributed by atoms with E-state index in [0.717, 1.165) is 32.1 Å². The van der Waals surface area contributed by atoms with Gasteiger partial charge in [-0.2, -0.15) is 8.78 Å². The molecule has 0 bridgehead atoms. The molecule has 1 aliphatic rings. The van der Waals surface area contributed by atoms with Crippen molar-refractivity contribution in [3.8, 4) is 5.75 Å². The second-order valence-electron chi connectivity index (χ2n) is 6.81. The molecule has 27 heavy (non-hydrogen) atoms. The Morgan fingerprint density at radius 2 is 1.89 bits per heavy atom. The van der Waals surface area contributed by atoms with Gasteiger partial charge in [0.25, 0.3) is 0 Å². The zero-order chi connectivity index (χ0) is 19.4. The largest absolute Gasteiger partial charge is 0.434 e. The number of alkyl halides is 2. The second-order valence-corrected chi connectivity index (χ2v) is 8.83. The van der Waals surface area contributed by atoms with Crippen LogP contribution < -0.4 is 4.74 Å². The van der Waals surface area contributed by atoms with E-state index in [2.05, 4.69) is 21.8 Å². The van der Waals surface area contributed by atoms with Crippen LogP contribution in [0.1, 0.15) is 36.4 Å². The summed E-state index contributed by atoms with van der Waals surface area (Å²) in [6, 6.07) is 14.3. The van der Waals surface area contributed by atoms with Gasteiger partial charge in [0.2, 0.25) is 0 Å². The minimum Gasteiger partial charge on any atom is -0.434 e. The molecule has 1 atom stereocenters. The average Bonchev–Trinajstić information content (AvgIpc) is 2.63. The van der Waals surface area contributed by atoms with Crippen molar-refractivity contribution in [3.05, 3.63) is 59.7 Å². The lowest BCUT2D eigenvalue weighted by atomic mass is 9.94. The lowest BCUT2D eigenvalue weighted by Crippen LogP contribution is -2.33. The van der Waals surface area contributed by atoms with E-state index in [-0.39, 0.29) is 16.7 Å². The van der Waals surface area contributed by atoms with E-state index in [1.807, 2.05) is 18.2 Å². The molecule has 0 amide bonds. The standard InChI is InChI=1S/C20H23F2NO3S/c1-27(24,25)17-10-11-19(26-20(21)22)16(13-17)14-23-12-6-5-9-18(23)15-7-3-2-4-8-15/h2-4,7-8,10-11,13,18,20H,5-6,9,12,14H2,1H3. The van der Waals surface area contributed by atoms with Crippen LogP contribution in [0.2, 0.25) is 0 Å². The van der Waals surface area contributed by atoms with Gasteiger partial charge in [-0.05, 0) is 43.1 Å². The van der Waals surface area contributed by atoms with Crippen molar-refractivity contribution in [1.29, 1.82) is 0 Å². The highest BCUT2D eigenvalue weighted by atomic mass is 32.2. The number of benzene rings is 2. The summed E-state index contributed by atoms with van der Waals surface area (Å²) in [4.78, 5) is 2.31. The number of hydrogen-bond acceptors (Lipinski definition) is 4. The molecule has 1 aliphatic heterocycles. The molecule has 146 valence electrons. The molecule has 0 saturated carbocycles. The summed E-state index contributed by atoms with van der Waals surface area (Å²) >= 11 is 0. The zero-order valence-electron chi connectivity index (χ0n) is 15.1. The number of nitrogens with zero attached hydrogens (tertiary/aromatic N) is 1. The predicted molar refractivity (Wildman–Crippen MR) is 99.6 cm³/mol. The number of sulfone groups is 1. The first kappa shape index (κ1) is 19.8. The van der Waals surface area contributed by atoms with Crippen molar-refractivity contribution in [2.75, 3.05) is 12.8 Å². The first-order chi connectivity index (χ1) is 12.8. The fourth-order valence-electron chi connectivity index (χ4n) is 3.57. The number of halogens is 2. The third-order valence-corrected chi connectivity index (χ3v) is 5.96. The van der Waals surface area contributed by atoms with E-state index in [1.165, 1.54) is 23.8 Å². The lowest BCUT2D eigenvalue weighted by molar-refractivity contribution is -0.0510. The molecule has 0 aromatic heterocycles. The quantitative estimate of drug-likeness (QED) is 0.727. The Morgan fingerprint density at radius 3 is 2.56 bits per heavy atom. The van der Waals surface area contributed by atoms with E-state index >= 15 is 0 Å². The Bertz CT molecular complexity index is 872. The summed E-state index contributed by atoms with van der Waals surface area (Å²) in [7, 11) is -3.44. The Balaban J connectivity index is 1.93. The Kier molecular flexibility index (Phi) is 6.11. The number of hydrogen-bond donors (Lipinski definition) is 0. The van der Waals surface area contributed by atoms with Gasteiger partial charge in [0.1, 0.15) is 5.75 Å². The maximum absolute atomic E-state index is 12.8. The molecule has 0 spiro atoms. The molecule has 1 heterocycles. The highest BCUT2D eigenvalue weighted by Crippen LogP contribution is 2.34. The molecule has 2 aromatic rings. The smallest absolute Gasteiger partial charge is 0.387 e. The third kappa shape index (κ3) is 5.05. The monoisotopic (exact) mass is 395 g/mol. The Morgan fingerprint density at radius 1 is 1.15 bits per heavy atom. The van der Waals surface area contributed by atoms with Gasteiger partial charge >= 0.3 is 6.61 Å². The summed E-state index contributed by atoms with van der Waals surface area (Å²) in [6.07, 6.45) is 4.19. The molecule has 0 aliphatic carbocycles. The van der Waals surface area contributed by atoms with Crippen molar-refractivity contribution < 1.29 is 21.9 Å². The normalized spacial score (nSPS) is 18.6. The Hall–Kier alpha value is -1.99. The molecule has 0 N–H and O–H groups in total. The topological polar surface area (TPSA) is 46.6 Å². The molecular weight excluding hydrogens is 372 g/mol. The average molecular weight is 395 g/mol. The maximum atomic E-state index is 12.8. The third-order valence-electron chi connectivity index (χ3n) is 4.85. The lowest BCUT2D eigenvalue weighted by Gasteiger charge is -2.36. The molecule has 0 radical (unpaired) electrons. The van der Waals surface area contributed by atoms with Crippen LogP contribution >= 0.6 is 0 Å². The highest BCUT2D eigenvalue weighted by Gasteiger charge is 2.25. The van der Waals surface area contributed by atoms with Crippen LogP contribution in [0.4, 0.5) is 8.78 Å². The summed E-state index contributed by atoms with van der Waals surface area (Å²) in [5.41, 5.74) is 1.63.